The van der Waals surface area contributed by atoms with Gasteiger partial charge in [0.2, 0.25) is 0 Å². The Bertz CT molecular complexity index is 880. The maximum absolute atomic E-state index is 10.6. The molecule has 1 unspecified atom stereocenters. The van der Waals surface area contributed by atoms with Crippen LogP contribution in [-0.2, 0) is 20.6 Å². The van der Waals surface area contributed by atoms with Crippen LogP contribution in [-0.4, -0.2) is 47.4 Å². The van der Waals surface area contributed by atoms with E-state index in [-0.39, 0.29) is 5.92 Å². The second-order valence-electron chi connectivity index (χ2n) is 7.00. The van der Waals surface area contributed by atoms with E-state index in [1.165, 1.54) is 11.8 Å². The van der Waals surface area contributed by atoms with Crippen molar-refractivity contribution in [1.82, 2.24) is 29.2 Å². The van der Waals surface area contributed by atoms with Crippen molar-refractivity contribution in [3.8, 4) is 0 Å². The molecule has 0 radical (unpaired) electrons. The highest BCUT2D eigenvalue weighted by Crippen LogP contribution is 2.31. The first-order valence-corrected chi connectivity index (χ1v) is 9.90. The molecule has 0 aromatic carbocycles. The molecule has 144 valence electrons. The first-order chi connectivity index (χ1) is 13.1. The van der Waals surface area contributed by atoms with Gasteiger partial charge in [-0.1, -0.05) is 0 Å². The van der Waals surface area contributed by atoms with E-state index >= 15 is 0 Å². The Balaban J connectivity index is 1.29. The molecule has 0 saturated carbocycles. The third-order valence-electron chi connectivity index (χ3n) is 5.08. The molecule has 1 aliphatic heterocycles. The number of aliphatic hydroxyl groups is 1. The normalized spacial score (nSPS) is 17.4. The average Bonchev–Trinajstić information content (AvgIpc) is 3.39. The van der Waals surface area contributed by atoms with Crippen LogP contribution >= 0.6 is 11.8 Å². The lowest BCUT2D eigenvalue weighted by Crippen LogP contribution is -2.35. The Morgan fingerprint density at radius 3 is 2.74 bits per heavy atom. The molecule has 27 heavy (non-hydrogen) atoms. The molecule has 1 N–H and O–H groups in total. The largest absolute Gasteiger partial charge is 0.453 e. The van der Waals surface area contributed by atoms with Crippen LogP contribution in [0, 0.1) is 5.92 Å². The molecular weight excluding hydrogens is 364 g/mol. The van der Waals surface area contributed by atoms with Crippen LogP contribution in [0.15, 0.2) is 45.5 Å². The summed E-state index contributed by atoms with van der Waals surface area (Å²) in [5, 5.41) is 20.2. The highest BCUT2D eigenvalue weighted by molar-refractivity contribution is 7.99. The molecule has 4 rings (SSSR count). The Hall–Kier alpha value is -2.10. The van der Waals surface area contributed by atoms with Gasteiger partial charge in [0.05, 0.1) is 6.54 Å². The number of furan rings is 1. The van der Waals surface area contributed by atoms with Gasteiger partial charge in [-0.15, -0.1) is 10.2 Å². The van der Waals surface area contributed by atoms with Gasteiger partial charge in [0.15, 0.2) is 10.2 Å². The molecule has 9 heteroatoms. The minimum Gasteiger partial charge on any atom is -0.453 e. The molecule has 1 fully saturated rings. The summed E-state index contributed by atoms with van der Waals surface area (Å²) >= 11 is 1.47. The molecular formula is C18H24N6O2S. The SMILES string of the molecule is Cn1cnnc1Sc1ccc(CN2CCC(C(O)c3nccn3C)CC2)o1. The molecule has 8 nitrogen and oxygen atoms in total. The van der Waals surface area contributed by atoms with Crippen molar-refractivity contribution in [3.05, 3.63) is 42.4 Å². The number of nitrogens with zero attached hydrogens (tertiary/aromatic N) is 6. The Kier molecular flexibility index (Phi) is 5.33. The van der Waals surface area contributed by atoms with E-state index in [1.54, 1.807) is 12.5 Å². The van der Waals surface area contributed by atoms with Crippen molar-refractivity contribution < 1.29 is 9.52 Å². The number of piperidine rings is 1. The van der Waals surface area contributed by atoms with Crippen LogP contribution in [0.1, 0.15) is 30.5 Å². The lowest BCUT2D eigenvalue weighted by Gasteiger charge is -2.33. The summed E-state index contributed by atoms with van der Waals surface area (Å²) in [7, 11) is 3.84. The fourth-order valence-electron chi connectivity index (χ4n) is 3.47. The van der Waals surface area contributed by atoms with Gasteiger partial charge in [-0.05, 0) is 55.7 Å². The van der Waals surface area contributed by atoms with Gasteiger partial charge in [0.1, 0.15) is 24.0 Å². The van der Waals surface area contributed by atoms with Gasteiger partial charge < -0.3 is 18.7 Å². The van der Waals surface area contributed by atoms with Crippen LogP contribution in [0.25, 0.3) is 0 Å². The first kappa shape index (κ1) is 18.3. The van der Waals surface area contributed by atoms with Crippen molar-refractivity contribution in [2.45, 2.75) is 35.7 Å². The van der Waals surface area contributed by atoms with E-state index in [9.17, 15) is 5.11 Å². The highest BCUT2D eigenvalue weighted by atomic mass is 32.2. The second-order valence-corrected chi connectivity index (χ2v) is 7.97. The molecule has 0 bridgehead atoms. The number of rotatable bonds is 6. The third kappa shape index (κ3) is 4.10. The van der Waals surface area contributed by atoms with E-state index in [1.807, 2.05) is 41.6 Å². The number of imidazole rings is 1. The minimum absolute atomic E-state index is 0.251. The smallest absolute Gasteiger partial charge is 0.198 e. The average molecular weight is 388 g/mol. The van der Waals surface area contributed by atoms with E-state index in [0.29, 0.717) is 0 Å². The molecule has 3 aromatic heterocycles. The fourth-order valence-corrected chi connectivity index (χ4v) is 4.22. The van der Waals surface area contributed by atoms with Crippen LogP contribution in [0.4, 0.5) is 0 Å². The predicted molar refractivity (Wildman–Crippen MR) is 100 cm³/mol. The molecule has 0 aliphatic carbocycles. The first-order valence-electron chi connectivity index (χ1n) is 9.08. The second kappa shape index (κ2) is 7.87. The monoisotopic (exact) mass is 388 g/mol. The van der Waals surface area contributed by atoms with Gasteiger partial charge >= 0.3 is 0 Å². The molecule has 3 aromatic rings. The Morgan fingerprint density at radius 1 is 1.26 bits per heavy atom. The molecule has 1 saturated heterocycles. The summed E-state index contributed by atoms with van der Waals surface area (Å²) in [6.45, 7) is 2.67. The molecule has 4 heterocycles. The van der Waals surface area contributed by atoms with Gasteiger partial charge in [-0.2, -0.15) is 0 Å². The van der Waals surface area contributed by atoms with Crippen molar-refractivity contribution in [2.75, 3.05) is 13.1 Å². The molecule has 0 amide bonds. The summed E-state index contributed by atoms with van der Waals surface area (Å²) in [5.74, 6) is 1.95. The van der Waals surface area contributed by atoms with Crippen LogP contribution in [0.2, 0.25) is 0 Å². The standard InChI is InChI=1S/C18H24N6O2S/c1-22-10-7-19-17(22)16(25)13-5-8-24(9-6-13)11-14-3-4-15(26-14)27-18-21-20-12-23(18)2/h3-4,7,10,12-13,16,25H,5-6,8-9,11H2,1-2H3. The van der Waals surface area contributed by atoms with Gasteiger partial charge in [0.25, 0.3) is 0 Å². The van der Waals surface area contributed by atoms with E-state index in [2.05, 4.69) is 20.1 Å². The number of likely N-dealkylation sites (tertiary alicyclic amines) is 1. The number of aliphatic hydroxyl groups excluding tert-OH is 1. The van der Waals surface area contributed by atoms with Gasteiger partial charge in [-0.25, -0.2) is 4.98 Å². The predicted octanol–water partition coefficient (Wildman–Crippen LogP) is 2.24. The van der Waals surface area contributed by atoms with E-state index in [4.69, 9.17) is 4.42 Å². The molecule has 0 spiro atoms. The minimum atomic E-state index is -0.495. The summed E-state index contributed by atoms with van der Waals surface area (Å²) in [5.41, 5.74) is 0. The lowest BCUT2D eigenvalue weighted by molar-refractivity contribution is 0.0473. The molecule has 1 aliphatic rings. The summed E-state index contributed by atoms with van der Waals surface area (Å²) in [6, 6.07) is 4.00. The maximum atomic E-state index is 10.6. The zero-order valence-electron chi connectivity index (χ0n) is 15.5. The summed E-state index contributed by atoms with van der Waals surface area (Å²) in [6.07, 6.45) is 6.70. The summed E-state index contributed by atoms with van der Waals surface area (Å²) in [4.78, 5) is 6.66. The van der Waals surface area contributed by atoms with Crippen LogP contribution in [0.5, 0.6) is 0 Å². The van der Waals surface area contributed by atoms with Gasteiger partial charge in [0, 0.05) is 26.5 Å². The Labute approximate surface area is 162 Å². The zero-order chi connectivity index (χ0) is 18.8. The maximum Gasteiger partial charge on any atom is 0.198 e. The fraction of sp³-hybridized carbons (Fsp3) is 0.500. The summed E-state index contributed by atoms with van der Waals surface area (Å²) < 4.78 is 9.71. The van der Waals surface area contributed by atoms with Gasteiger partial charge in [-0.3, -0.25) is 4.90 Å². The van der Waals surface area contributed by atoms with Crippen molar-refractivity contribution in [3.63, 3.8) is 0 Å². The topological polar surface area (TPSA) is 85.1 Å². The lowest BCUT2D eigenvalue weighted by atomic mass is 9.90. The zero-order valence-corrected chi connectivity index (χ0v) is 16.3. The third-order valence-corrected chi connectivity index (χ3v) is 6.05. The van der Waals surface area contributed by atoms with Crippen molar-refractivity contribution in [1.29, 1.82) is 0 Å². The van der Waals surface area contributed by atoms with Crippen molar-refractivity contribution in [2.24, 2.45) is 20.0 Å². The van der Waals surface area contributed by atoms with Crippen LogP contribution in [0.3, 0.4) is 0 Å². The van der Waals surface area contributed by atoms with E-state index < -0.39 is 6.10 Å². The molecule has 1 atom stereocenters. The number of aryl methyl sites for hydroxylation is 2. The van der Waals surface area contributed by atoms with E-state index in [0.717, 1.165) is 54.3 Å². The van der Waals surface area contributed by atoms with Crippen LogP contribution < -0.4 is 0 Å². The quantitative estimate of drug-likeness (QED) is 0.693. The number of hydrogen-bond acceptors (Lipinski definition) is 7. The number of hydrogen-bond donors (Lipinski definition) is 1. The number of aromatic nitrogens is 5. The Morgan fingerprint density at radius 2 is 2.07 bits per heavy atom. The van der Waals surface area contributed by atoms with Crippen molar-refractivity contribution >= 4 is 11.8 Å². The highest BCUT2D eigenvalue weighted by Gasteiger charge is 2.28.